The molecule has 15 nitrogen and oxygen atoms in total. The molecule has 3 fully saturated rings. The molecule has 5 amide bonds. The fraction of sp³-hybridized carbons (Fsp3) is 0.649. The summed E-state index contributed by atoms with van der Waals surface area (Å²) in [6.45, 7) is -5.71. The number of nitrogens with one attached hydrogen (secondary N) is 3. The molecule has 2 aliphatic carbocycles. The Morgan fingerprint density at radius 3 is 2.27 bits per heavy atom. The summed E-state index contributed by atoms with van der Waals surface area (Å²) in [6, 6.07) is 1.55. The number of carbonyl (C=O) groups is 5. The van der Waals surface area contributed by atoms with Crippen molar-refractivity contribution >= 4 is 40.1 Å². The summed E-state index contributed by atoms with van der Waals surface area (Å²) in [7, 11) is -5.82. The molecule has 23 heteroatoms. The van der Waals surface area contributed by atoms with Crippen molar-refractivity contribution in [3.05, 3.63) is 47.3 Å². The van der Waals surface area contributed by atoms with E-state index in [1.165, 1.54) is 27.8 Å². The van der Waals surface area contributed by atoms with E-state index < -0.39 is 112 Å². The van der Waals surface area contributed by atoms with Crippen molar-refractivity contribution in [3.63, 3.8) is 0 Å². The predicted molar refractivity (Wildman–Crippen MR) is 194 cm³/mol. The Balaban J connectivity index is 1.26. The maximum Gasteiger partial charge on any atom is 0.410 e. The topological polar surface area (TPSA) is 184 Å². The van der Waals surface area contributed by atoms with Crippen molar-refractivity contribution in [2.24, 2.45) is 5.92 Å². The molecule has 1 saturated heterocycles. The van der Waals surface area contributed by atoms with Crippen LogP contribution >= 0.6 is 0 Å². The van der Waals surface area contributed by atoms with Crippen LogP contribution in [0.25, 0.3) is 0 Å². The van der Waals surface area contributed by atoms with Gasteiger partial charge in [-0.15, -0.1) is 0 Å². The van der Waals surface area contributed by atoms with Crippen molar-refractivity contribution in [3.8, 4) is 0 Å². The van der Waals surface area contributed by atoms with Gasteiger partial charge >= 0.3 is 34.7 Å². The minimum atomic E-state index is -5.82. The first-order valence-corrected chi connectivity index (χ1v) is 21.0. The zero-order chi connectivity index (χ0) is 43.6. The fourth-order valence-electron chi connectivity index (χ4n) is 8.12. The van der Waals surface area contributed by atoms with Crippen LogP contribution in [0.5, 0.6) is 0 Å². The van der Waals surface area contributed by atoms with Crippen molar-refractivity contribution in [2.75, 3.05) is 19.6 Å². The highest BCUT2D eigenvalue weighted by molar-refractivity contribution is 7.87. The third kappa shape index (κ3) is 11.0. The Kier molecular flexibility index (Phi) is 13.3. The lowest BCUT2D eigenvalue weighted by Crippen LogP contribution is -2.59. The van der Waals surface area contributed by atoms with Gasteiger partial charge in [-0.1, -0.05) is 37.1 Å². The first-order chi connectivity index (χ1) is 28.1. The van der Waals surface area contributed by atoms with Gasteiger partial charge in [0.05, 0.1) is 13.1 Å². The number of benzene rings is 1. The van der Waals surface area contributed by atoms with E-state index in [1.807, 2.05) is 0 Å². The highest BCUT2D eigenvalue weighted by atomic mass is 32.2. The van der Waals surface area contributed by atoms with Gasteiger partial charge in [-0.2, -0.15) is 39.1 Å². The second-order valence-corrected chi connectivity index (χ2v) is 17.4. The highest BCUT2D eigenvalue weighted by Crippen LogP contribution is 2.46. The van der Waals surface area contributed by atoms with Gasteiger partial charge in [0, 0.05) is 24.4 Å². The largest absolute Gasteiger partial charge is 0.446 e. The van der Waals surface area contributed by atoms with Crippen LogP contribution in [-0.2, 0) is 47.2 Å². The van der Waals surface area contributed by atoms with Gasteiger partial charge in [-0.3, -0.25) is 19.3 Å². The lowest BCUT2D eigenvalue weighted by molar-refractivity contribution is -0.165. The second-order valence-electron chi connectivity index (χ2n) is 15.8. The van der Waals surface area contributed by atoms with Crippen molar-refractivity contribution < 1.29 is 72.6 Å². The molecule has 0 radical (unpaired) electrons. The number of allylic oxidation sites excluding steroid dienone is 1. The monoisotopic (exact) mass is 882 g/mol. The molecule has 5 atom stereocenters. The van der Waals surface area contributed by atoms with Gasteiger partial charge in [-0.05, 0) is 63.0 Å². The van der Waals surface area contributed by atoms with E-state index in [1.54, 1.807) is 12.1 Å². The Labute approximate surface area is 340 Å². The molecule has 0 unspecified atom stereocenters. The van der Waals surface area contributed by atoms with E-state index in [9.17, 15) is 63.1 Å². The normalized spacial score (nSPS) is 26.7. The quantitative estimate of drug-likeness (QED) is 0.251. The van der Waals surface area contributed by atoms with Gasteiger partial charge < -0.3 is 25.0 Å². The number of halogens is 7. The van der Waals surface area contributed by atoms with Gasteiger partial charge in [-0.25, -0.2) is 18.7 Å². The Hall–Kier alpha value is -4.67. The molecule has 1 aromatic rings. The minimum absolute atomic E-state index is 0.000872. The molecule has 0 bridgehead atoms. The fourth-order valence-corrected chi connectivity index (χ4v) is 9.30. The molecule has 5 aliphatic rings. The maximum absolute atomic E-state index is 14.5. The molecule has 3 heterocycles. The average molecular weight is 883 g/mol. The minimum Gasteiger partial charge on any atom is -0.446 e. The average Bonchev–Trinajstić information content (AvgIpc) is 3.56. The molecule has 3 N–H and O–H groups in total. The van der Waals surface area contributed by atoms with Crippen LogP contribution < -0.4 is 15.4 Å². The number of carbonyl (C=O) groups excluding carboxylic acids is 5. The first-order valence-electron chi connectivity index (χ1n) is 19.6. The van der Waals surface area contributed by atoms with E-state index in [4.69, 9.17) is 9.47 Å². The molecule has 60 heavy (non-hydrogen) atoms. The van der Waals surface area contributed by atoms with E-state index >= 15 is 0 Å². The van der Waals surface area contributed by atoms with Crippen LogP contribution in [-0.4, -0.2) is 114 Å². The predicted octanol–water partition coefficient (Wildman–Crippen LogP) is 4.47. The lowest BCUT2D eigenvalue weighted by Gasteiger charge is -2.30. The molecular formula is C37H45F7N6O9S. The van der Waals surface area contributed by atoms with Crippen LogP contribution in [0.2, 0.25) is 0 Å². The van der Waals surface area contributed by atoms with Gasteiger partial charge in [0.2, 0.25) is 11.8 Å². The number of alkyl carbamates (subject to hydrolysis) is 1. The Bertz CT molecular complexity index is 1950. The summed E-state index contributed by atoms with van der Waals surface area (Å²) < 4.78 is 131. The standard InChI is InChI=1S/C37H45F7N6O9S/c38-27-13-8-9-22-17-48(19-26(22)27)34(55)59-25-15-29-30(51)46-35(32(53)47-60(56,57)49(20-36(39,40)41)21-37(42,43)44)16-23(35)10-4-2-1-3-5-14-28(31(52)50(29)18-25)45-33(54)58-24-11-6-7-12-24/h4,8-10,13,23-25,28-29H,1-3,5-7,11-12,14-21H2,(H,45,54)(H,46,51)(H,47,53)/t23-,25-,28+,29+,35-/m1/s1. The number of fused-ring (bicyclic) bond motifs is 3. The number of hydrogen-bond donors (Lipinski definition) is 3. The number of amides is 5. The molecule has 3 aliphatic heterocycles. The van der Waals surface area contributed by atoms with E-state index in [0.29, 0.717) is 44.1 Å². The number of hydrogen-bond acceptors (Lipinski definition) is 9. The molecular weight excluding hydrogens is 837 g/mol. The van der Waals surface area contributed by atoms with E-state index in [0.717, 1.165) is 17.7 Å². The van der Waals surface area contributed by atoms with Gasteiger partial charge in [0.1, 0.15) is 48.7 Å². The summed E-state index contributed by atoms with van der Waals surface area (Å²) in [5, 5.41) is 5.01. The van der Waals surface area contributed by atoms with Crippen LogP contribution in [0.4, 0.5) is 40.3 Å². The number of nitrogens with zero attached hydrogens (tertiary/aromatic N) is 3. The summed E-state index contributed by atoms with van der Waals surface area (Å²) in [5.41, 5.74) is -1.39. The smallest absolute Gasteiger partial charge is 0.410 e. The molecule has 6 rings (SSSR count). The third-order valence-corrected chi connectivity index (χ3v) is 12.6. The Morgan fingerprint density at radius 2 is 1.60 bits per heavy atom. The summed E-state index contributed by atoms with van der Waals surface area (Å²) in [4.78, 5) is 71.0. The second kappa shape index (κ2) is 17.7. The van der Waals surface area contributed by atoms with Crippen LogP contribution in [0.3, 0.4) is 0 Å². The zero-order valence-electron chi connectivity index (χ0n) is 32.2. The summed E-state index contributed by atoms with van der Waals surface area (Å²) in [6.07, 6.45) is -6.83. The number of alkyl halides is 6. The summed E-state index contributed by atoms with van der Waals surface area (Å²) in [5.74, 6) is -5.02. The number of ether oxygens (including phenoxy) is 2. The van der Waals surface area contributed by atoms with Crippen molar-refractivity contribution in [1.29, 1.82) is 0 Å². The molecule has 0 aromatic heterocycles. The molecule has 0 spiro atoms. The maximum atomic E-state index is 14.5. The molecule has 2 saturated carbocycles. The van der Waals surface area contributed by atoms with Crippen molar-refractivity contribution in [2.45, 2.75) is 126 Å². The first kappa shape index (κ1) is 44.9. The zero-order valence-corrected chi connectivity index (χ0v) is 33.0. The van der Waals surface area contributed by atoms with E-state index in [2.05, 4.69) is 10.6 Å². The number of rotatable bonds is 8. The van der Waals surface area contributed by atoms with Crippen LogP contribution in [0.15, 0.2) is 30.4 Å². The molecule has 1 aromatic carbocycles. The van der Waals surface area contributed by atoms with Crippen LogP contribution in [0, 0.1) is 11.7 Å². The third-order valence-electron chi connectivity index (χ3n) is 11.2. The summed E-state index contributed by atoms with van der Waals surface area (Å²) >= 11 is 0. The SMILES string of the molecule is O=C(N[C@H]1CCCCCC=C[C@@H]2C[C@@]2(C(=O)NS(=O)(=O)N(CC(F)(F)F)CC(F)(F)F)NC(=O)[C@@H]2C[C@@H](OC(=O)N3Cc4cccc(F)c4C3)CN2C1=O)OC1CCCC1. The van der Waals surface area contributed by atoms with E-state index in [-0.39, 0.29) is 44.0 Å². The van der Waals surface area contributed by atoms with Crippen LogP contribution in [0.1, 0.15) is 81.8 Å². The Morgan fingerprint density at radius 1 is 0.917 bits per heavy atom. The molecule has 332 valence electrons. The van der Waals surface area contributed by atoms with Gasteiger partial charge in [0.15, 0.2) is 0 Å². The van der Waals surface area contributed by atoms with Crippen molar-refractivity contribution in [1.82, 2.24) is 29.5 Å². The van der Waals surface area contributed by atoms with Gasteiger partial charge in [0.25, 0.3) is 5.91 Å². The lowest BCUT2D eigenvalue weighted by atomic mass is 10.0. The highest BCUT2D eigenvalue weighted by Gasteiger charge is 2.62.